The minimum Gasteiger partial charge on any atom is -0.382 e. The van der Waals surface area contributed by atoms with E-state index in [1.807, 2.05) is 6.92 Å². The van der Waals surface area contributed by atoms with Crippen molar-refractivity contribution >= 4 is 17.3 Å². The SMILES string of the molecule is CC(=O)[C@@]1(O)CC[C@H]2[C@@H]3CCC4=CC(=O)CC(=O)[C@]4(C)[C@H]3CC[C@@]21C. The zero-order chi connectivity index (χ0) is 18.2. The van der Waals surface area contributed by atoms with Gasteiger partial charge in [0.05, 0.1) is 11.8 Å². The first-order valence-corrected chi connectivity index (χ1v) is 9.65. The Hall–Kier alpha value is -1.29. The highest BCUT2D eigenvalue weighted by atomic mass is 16.3. The zero-order valence-electron chi connectivity index (χ0n) is 15.4. The van der Waals surface area contributed by atoms with Gasteiger partial charge in [-0.3, -0.25) is 14.4 Å². The summed E-state index contributed by atoms with van der Waals surface area (Å²) < 4.78 is 0. The third kappa shape index (κ3) is 1.95. The van der Waals surface area contributed by atoms with Crippen LogP contribution in [0.4, 0.5) is 0 Å². The Morgan fingerprint density at radius 1 is 1.12 bits per heavy atom. The summed E-state index contributed by atoms with van der Waals surface area (Å²) in [6, 6.07) is 0. The molecule has 0 aromatic heterocycles. The van der Waals surface area contributed by atoms with Crippen molar-refractivity contribution in [2.75, 3.05) is 0 Å². The summed E-state index contributed by atoms with van der Waals surface area (Å²) in [5, 5.41) is 11.1. The molecule has 3 fully saturated rings. The van der Waals surface area contributed by atoms with Crippen LogP contribution in [0.2, 0.25) is 0 Å². The van der Waals surface area contributed by atoms with Crippen LogP contribution >= 0.6 is 0 Å². The Morgan fingerprint density at radius 2 is 1.80 bits per heavy atom. The molecule has 0 aromatic rings. The molecule has 3 saturated carbocycles. The number of hydrogen-bond acceptors (Lipinski definition) is 4. The van der Waals surface area contributed by atoms with Crippen molar-refractivity contribution in [1.29, 1.82) is 0 Å². The number of allylic oxidation sites excluding steroid dienone is 1. The molecule has 0 aromatic carbocycles. The molecule has 0 aliphatic heterocycles. The van der Waals surface area contributed by atoms with Crippen LogP contribution in [0.25, 0.3) is 0 Å². The van der Waals surface area contributed by atoms with Crippen molar-refractivity contribution in [3.05, 3.63) is 11.6 Å². The van der Waals surface area contributed by atoms with Crippen molar-refractivity contribution in [2.24, 2.45) is 28.6 Å². The Balaban J connectivity index is 1.74. The van der Waals surface area contributed by atoms with E-state index < -0.39 is 11.0 Å². The van der Waals surface area contributed by atoms with Gasteiger partial charge in [-0.2, -0.15) is 0 Å². The molecule has 4 heteroatoms. The summed E-state index contributed by atoms with van der Waals surface area (Å²) in [4.78, 5) is 36.9. The molecule has 0 unspecified atom stereocenters. The van der Waals surface area contributed by atoms with Gasteiger partial charge in [-0.25, -0.2) is 0 Å². The molecule has 0 spiro atoms. The predicted molar refractivity (Wildman–Crippen MR) is 92.7 cm³/mol. The molecule has 4 nitrogen and oxygen atoms in total. The van der Waals surface area contributed by atoms with Gasteiger partial charge in [0, 0.05) is 5.41 Å². The molecule has 25 heavy (non-hydrogen) atoms. The van der Waals surface area contributed by atoms with Crippen molar-refractivity contribution in [3.63, 3.8) is 0 Å². The summed E-state index contributed by atoms with van der Waals surface area (Å²) in [5.74, 6) is 0.783. The fourth-order valence-electron chi connectivity index (χ4n) is 7.02. The van der Waals surface area contributed by atoms with Gasteiger partial charge < -0.3 is 5.11 Å². The third-order valence-corrected chi connectivity index (χ3v) is 8.58. The second-order valence-corrected chi connectivity index (χ2v) is 9.26. The first-order valence-electron chi connectivity index (χ1n) is 9.65. The summed E-state index contributed by atoms with van der Waals surface area (Å²) >= 11 is 0. The van der Waals surface area contributed by atoms with E-state index >= 15 is 0 Å². The quantitative estimate of drug-likeness (QED) is 0.742. The highest BCUT2D eigenvalue weighted by molar-refractivity contribution is 6.11. The van der Waals surface area contributed by atoms with Gasteiger partial charge in [0.15, 0.2) is 17.3 Å². The molecule has 0 heterocycles. The van der Waals surface area contributed by atoms with Crippen LogP contribution in [0, 0.1) is 28.6 Å². The molecule has 1 N–H and O–H groups in total. The number of fused-ring (bicyclic) bond motifs is 5. The number of rotatable bonds is 1. The number of ketones is 3. The monoisotopic (exact) mass is 344 g/mol. The number of hydrogen-bond donors (Lipinski definition) is 1. The molecule has 136 valence electrons. The molecule has 6 atom stereocenters. The van der Waals surface area contributed by atoms with Crippen LogP contribution in [0.5, 0.6) is 0 Å². The number of carbonyl (C=O) groups is 3. The van der Waals surface area contributed by atoms with Crippen LogP contribution < -0.4 is 0 Å². The largest absolute Gasteiger partial charge is 0.382 e. The number of carbonyl (C=O) groups excluding carboxylic acids is 3. The van der Waals surface area contributed by atoms with Gasteiger partial charge in [-0.1, -0.05) is 12.5 Å². The summed E-state index contributed by atoms with van der Waals surface area (Å²) in [7, 11) is 0. The van der Waals surface area contributed by atoms with Gasteiger partial charge in [0.25, 0.3) is 0 Å². The van der Waals surface area contributed by atoms with Crippen LogP contribution in [0.3, 0.4) is 0 Å². The molecule has 4 aliphatic carbocycles. The second-order valence-electron chi connectivity index (χ2n) is 9.26. The molecular weight excluding hydrogens is 316 g/mol. The lowest BCUT2D eigenvalue weighted by atomic mass is 9.46. The summed E-state index contributed by atoms with van der Waals surface area (Å²) in [6.45, 7) is 5.64. The lowest BCUT2D eigenvalue weighted by Gasteiger charge is -2.58. The molecule has 0 bridgehead atoms. The maximum atomic E-state index is 12.9. The fraction of sp³-hybridized carbons (Fsp3) is 0.762. The molecule has 0 saturated heterocycles. The Labute approximate surface area is 149 Å². The lowest BCUT2D eigenvalue weighted by molar-refractivity contribution is -0.162. The number of aliphatic hydroxyl groups is 1. The van der Waals surface area contributed by atoms with E-state index in [4.69, 9.17) is 0 Å². The second kappa shape index (κ2) is 5.12. The van der Waals surface area contributed by atoms with E-state index in [0.29, 0.717) is 12.3 Å². The highest BCUT2D eigenvalue weighted by Gasteiger charge is 2.66. The predicted octanol–water partition coefficient (Wildman–Crippen LogP) is 3.02. The maximum absolute atomic E-state index is 12.9. The topological polar surface area (TPSA) is 71.4 Å². The molecule has 0 radical (unpaired) electrons. The Morgan fingerprint density at radius 3 is 2.48 bits per heavy atom. The normalized spacial score (nSPS) is 49.1. The van der Waals surface area contributed by atoms with E-state index in [1.54, 1.807) is 6.08 Å². The van der Waals surface area contributed by atoms with Gasteiger partial charge in [-0.15, -0.1) is 0 Å². The van der Waals surface area contributed by atoms with E-state index in [0.717, 1.165) is 37.7 Å². The minimum atomic E-state index is -1.22. The van der Waals surface area contributed by atoms with E-state index in [-0.39, 0.29) is 41.0 Å². The Bertz CT molecular complexity index is 707. The van der Waals surface area contributed by atoms with Gasteiger partial charge in [0.1, 0.15) is 5.60 Å². The van der Waals surface area contributed by atoms with Gasteiger partial charge >= 0.3 is 0 Å². The van der Waals surface area contributed by atoms with Crippen LogP contribution in [-0.2, 0) is 14.4 Å². The maximum Gasteiger partial charge on any atom is 0.163 e. The van der Waals surface area contributed by atoms with Gasteiger partial charge in [-0.05, 0) is 76.2 Å². The first-order chi connectivity index (χ1) is 11.6. The lowest BCUT2D eigenvalue weighted by Crippen LogP contribution is -2.58. The van der Waals surface area contributed by atoms with Crippen LogP contribution in [-0.4, -0.2) is 28.1 Å². The van der Waals surface area contributed by atoms with Crippen molar-refractivity contribution in [2.45, 2.75) is 71.3 Å². The molecule has 4 rings (SSSR count). The average Bonchev–Trinajstić information content (AvgIpc) is 2.82. The molecular formula is C21H28O4. The first kappa shape index (κ1) is 17.1. The average molecular weight is 344 g/mol. The standard InChI is InChI=1S/C21H28O4/c1-12(22)21(25)9-7-16-15-5-4-13-10-14(23)11-18(24)20(13,3)17(15)6-8-19(16,21)2/h10,15-17,25H,4-9,11H2,1-3H3/t15-,16-,17-,19-,20-,21-/m0/s1. The highest BCUT2D eigenvalue weighted by Crippen LogP contribution is 2.67. The number of Topliss-reactive ketones (excluding diaryl/α,β-unsaturated/α-hetero) is 2. The van der Waals surface area contributed by atoms with Crippen LogP contribution in [0.15, 0.2) is 11.6 Å². The van der Waals surface area contributed by atoms with Crippen molar-refractivity contribution < 1.29 is 19.5 Å². The van der Waals surface area contributed by atoms with Crippen molar-refractivity contribution in [1.82, 2.24) is 0 Å². The zero-order valence-corrected chi connectivity index (χ0v) is 15.4. The Kier molecular flexibility index (Phi) is 3.51. The van der Waals surface area contributed by atoms with Crippen LogP contribution in [0.1, 0.15) is 65.7 Å². The van der Waals surface area contributed by atoms with E-state index in [1.165, 1.54) is 6.92 Å². The molecule has 4 aliphatic rings. The van der Waals surface area contributed by atoms with Gasteiger partial charge in [0.2, 0.25) is 0 Å². The minimum absolute atomic E-state index is 0.0303. The van der Waals surface area contributed by atoms with E-state index in [9.17, 15) is 19.5 Å². The summed E-state index contributed by atoms with van der Waals surface area (Å²) in [5.41, 5.74) is -1.09. The smallest absolute Gasteiger partial charge is 0.163 e. The van der Waals surface area contributed by atoms with E-state index in [2.05, 4.69) is 6.92 Å². The fourth-order valence-corrected chi connectivity index (χ4v) is 7.02. The molecule has 0 amide bonds. The van der Waals surface area contributed by atoms with Crippen molar-refractivity contribution in [3.8, 4) is 0 Å². The summed E-state index contributed by atoms with van der Waals surface area (Å²) in [6.07, 6.45) is 6.53. The third-order valence-electron chi connectivity index (χ3n) is 8.58.